The van der Waals surface area contributed by atoms with E-state index in [9.17, 15) is 18.4 Å². The van der Waals surface area contributed by atoms with Crippen molar-refractivity contribution < 1.29 is 18.4 Å². The summed E-state index contributed by atoms with van der Waals surface area (Å²) in [5.74, 6) is -2.39. The van der Waals surface area contributed by atoms with Gasteiger partial charge in [0.1, 0.15) is 11.7 Å². The summed E-state index contributed by atoms with van der Waals surface area (Å²) in [7, 11) is 0. The lowest BCUT2D eigenvalue weighted by Gasteiger charge is -2.53. The first-order valence-electron chi connectivity index (χ1n) is 10.4. The van der Waals surface area contributed by atoms with E-state index in [0.29, 0.717) is 41.1 Å². The molecular weight excluding hydrogens is 438 g/mol. The van der Waals surface area contributed by atoms with Crippen LogP contribution in [-0.4, -0.2) is 51.8 Å². The van der Waals surface area contributed by atoms with Crippen LogP contribution in [0, 0.1) is 11.6 Å². The van der Waals surface area contributed by atoms with E-state index >= 15 is 0 Å². The average Bonchev–Trinajstić information content (AvgIpc) is 3.36. The van der Waals surface area contributed by atoms with Crippen molar-refractivity contribution in [2.45, 2.75) is 24.4 Å². The standard InChI is InChI=1S/C23H21ClF2N4O2/c24-15-4-1-3-13(7-15)20(27)22(32)29-11-23(12-29)5-2-6-30(23)21(31)19-9-14-8-16(25)17(26)10-18(14)28-19/h1,3-4,7-10,20,28H,2,5-6,11-12,27H2. The van der Waals surface area contributed by atoms with Crippen LogP contribution in [0.3, 0.4) is 0 Å². The van der Waals surface area contributed by atoms with Crippen LogP contribution in [0.5, 0.6) is 0 Å². The molecule has 6 nitrogen and oxygen atoms in total. The molecule has 9 heteroatoms. The normalized spacial score (nSPS) is 18.2. The average molecular weight is 459 g/mol. The number of halogens is 3. The molecule has 2 saturated heterocycles. The third kappa shape index (κ3) is 3.34. The van der Waals surface area contributed by atoms with E-state index in [2.05, 4.69) is 4.98 Å². The van der Waals surface area contributed by atoms with Gasteiger partial charge in [-0.2, -0.15) is 0 Å². The number of nitrogens with two attached hydrogens (primary N) is 1. The summed E-state index contributed by atoms with van der Waals surface area (Å²) >= 11 is 6.01. The summed E-state index contributed by atoms with van der Waals surface area (Å²) in [5.41, 5.74) is 6.98. The molecule has 5 rings (SSSR count). The summed E-state index contributed by atoms with van der Waals surface area (Å²) < 4.78 is 27.1. The van der Waals surface area contributed by atoms with Crippen molar-refractivity contribution in [3.8, 4) is 0 Å². The van der Waals surface area contributed by atoms with E-state index in [1.54, 1.807) is 34.1 Å². The third-order valence-electron chi connectivity index (χ3n) is 6.49. The second-order valence-corrected chi connectivity index (χ2v) is 8.98. The molecule has 1 spiro atoms. The zero-order valence-corrected chi connectivity index (χ0v) is 17.8. The summed E-state index contributed by atoms with van der Waals surface area (Å²) in [5, 5.41) is 0.940. The first-order valence-corrected chi connectivity index (χ1v) is 10.7. The maximum Gasteiger partial charge on any atom is 0.270 e. The molecule has 1 atom stereocenters. The number of fused-ring (bicyclic) bond motifs is 1. The van der Waals surface area contributed by atoms with Gasteiger partial charge in [-0.15, -0.1) is 0 Å². The summed E-state index contributed by atoms with van der Waals surface area (Å²) in [6, 6.07) is 9.72. The molecule has 0 bridgehead atoms. The Hall–Kier alpha value is -2.97. The van der Waals surface area contributed by atoms with Gasteiger partial charge < -0.3 is 20.5 Å². The fourth-order valence-electron chi connectivity index (χ4n) is 4.83. The van der Waals surface area contributed by atoms with E-state index in [1.165, 1.54) is 6.07 Å². The van der Waals surface area contributed by atoms with Crippen molar-refractivity contribution in [2.24, 2.45) is 5.73 Å². The van der Waals surface area contributed by atoms with Gasteiger partial charge in [0, 0.05) is 41.6 Å². The lowest BCUT2D eigenvalue weighted by atomic mass is 9.85. The van der Waals surface area contributed by atoms with Gasteiger partial charge in [-0.05, 0) is 42.7 Å². The van der Waals surface area contributed by atoms with Gasteiger partial charge >= 0.3 is 0 Å². The molecule has 2 amide bonds. The lowest BCUT2D eigenvalue weighted by Crippen LogP contribution is -2.70. The van der Waals surface area contributed by atoms with Crippen LogP contribution < -0.4 is 5.73 Å². The van der Waals surface area contributed by atoms with E-state index < -0.39 is 23.2 Å². The van der Waals surface area contributed by atoms with Crippen LogP contribution >= 0.6 is 11.6 Å². The predicted octanol–water partition coefficient (Wildman–Crippen LogP) is 3.62. The van der Waals surface area contributed by atoms with Gasteiger partial charge in [-0.25, -0.2) is 8.78 Å². The Morgan fingerprint density at radius 2 is 1.88 bits per heavy atom. The lowest BCUT2D eigenvalue weighted by molar-refractivity contribution is -0.144. The highest BCUT2D eigenvalue weighted by Gasteiger charge is 2.54. The minimum absolute atomic E-state index is 0.214. The molecule has 0 radical (unpaired) electrons. The highest BCUT2D eigenvalue weighted by atomic mass is 35.5. The molecule has 1 aromatic heterocycles. The second-order valence-electron chi connectivity index (χ2n) is 8.55. The van der Waals surface area contributed by atoms with Crippen LogP contribution in [0.1, 0.15) is 34.9 Å². The molecule has 2 aliphatic rings. The number of nitrogens with zero attached hydrogens (tertiary/aromatic N) is 2. The third-order valence-corrected chi connectivity index (χ3v) is 6.72. The molecule has 0 saturated carbocycles. The van der Waals surface area contributed by atoms with Crippen LogP contribution in [-0.2, 0) is 4.79 Å². The van der Waals surface area contributed by atoms with E-state index in [4.69, 9.17) is 17.3 Å². The number of likely N-dealkylation sites (tertiary alicyclic amines) is 2. The molecule has 0 aliphatic carbocycles. The van der Waals surface area contributed by atoms with E-state index in [-0.39, 0.29) is 17.5 Å². The number of aromatic nitrogens is 1. The van der Waals surface area contributed by atoms with Crippen LogP contribution in [0.2, 0.25) is 5.02 Å². The summed E-state index contributed by atoms with van der Waals surface area (Å²) in [4.78, 5) is 32.4. The summed E-state index contributed by atoms with van der Waals surface area (Å²) in [6.45, 7) is 1.35. The van der Waals surface area contributed by atoms with Crippen molar-refractivity contribution in [1.29, 1.82) is 0 Å². The van der Waals surface area contributed by atoms with Crippen molar-refractivity contribution in [1.82, 2.24) is 14.8 Å². The number of aromatic amines is 1. The number of nitrogens with one attached hydrogen (secondary N) is 1. The Bertz CT molecular complexity index is 1200. The van der Waals surface area contributed by atoms with Gasteiger partial charge in [-0.3, -0.25) is 9.59 Å². The van der Waals surface area contributed by atoms with Crippen molar-refractivity contribution >= 4 is 34.3 Å². The minimum Gasteiger partial charge on any atom is -0.350 e. The monoisotopic (exact) mass is 458 g/mol. The molecular formula is C23H21ClF2N4O2. The zero-order chi connectivity index (χ0) is 22.6. The van der Waals surface area contributed by atoms with Crippen LogP contribution in [0.4, 0.5) is 8.78 Å². The van der Waals surface area contributed by atoms with E-state index in [1.807, 2.05) is 0 Å². The molecule has 32 heavy (non-hydrogen) atoms. The Kier molecular flexibility index (Phi) is 4.94. The fourth-order valence-corrected chi connectivity index (χ4v) is 5.03. The zero-order valence-electron chi connectivity index (χ0n) is 17.1. The maximum absolute atomic E-state index is 13.5. The van der Waals surface area contributed by atoms with Gasteiger partial charge in [-0.1, -0.05) is 23.7 Å². The number of benzene rings is 2. The summed E-state index contributed by atoms with van der Waals surface area (Å²) in [6.07, 6.45) is 1.59. The highest BCUT2D eigenvalue weighted by Crippen LogP contribution is 2.39. The molecule has 2 aromatic carbocycles. The van der Waals surface area contributed by atoms with Gasteiger partial charge in [0.05, 0.1) is 5.54 Å². The number of carbonyl (C=O) groups is 2. The predicted molar refractivity (Wildman–Crippen MR) is 116 cm³/mol. The number of hydrogen-bond acceptors (Lipinski definition) is 3. The number of H-pyrrole nitrogens is 1. The second kappa shape index (κ2) is 7.56. The first-order chi connectivity index (χ1) is 15.3. The molecule has 2 aliphatic heterocycles. The molecule has 2 fully saturated rings. The Labute approximate surface area is 187 Å². The molecule has 3 N–H and O–H groups in total. The number of hydrogen-bond donors (Lipinski definition) is 2. The Morgan fingerprint density at radius 1 is 1.12 bits per heavy atom. The number of rotatable bonds is 3. The fraction of sp³-hybridized carbons (Fsp3) is 0.304. The Morgan fingerprint density at radius 3 is 2.62 bits per heavy atom. The van der Waals surface area contributed by atoms with Gasteiger partial charge in [0.15, 0.2) is 11.6 Å². The quantitative estimate of drug-likeness (QED) is 0.629. The molecule has 3 aromatic rings. The molecule has 166 valence electrons. The van der Waals surface area contributed by atoms with Gasteiger partial charge in [0.25, 0.3) is 5.91 Å². The van der Waals surface area contributed by atoms with E-state index in [0.717, 1.165) is 25.0 Å². The number of carbonyl (C=O) groups excluding carboxylic acids is 2. The van der Waals surface area contributed by atoms with Crippen LogP contribution in [0.25, 0.3) is 10.9 Å². The first kappa shape index (κ1) is 20.9. The van der Waals surface area contributed by atoms with Crippen molar-refractivity contribution in [3.63, 3.8) is 0 Å². The highest BCUT2D eigenvalue weighted by molar-refractivity contribution is 6.30. The number of amides is 2. The topological polar surface area (TPSA) is 82.4 Å². The molecule has 3 heterocycles. The Balaban J connectivity index is 1.32. The van der Waals surface area contributed by atoms with Crippen LogP contribution in [0.15, 0.2) is 42.5 Å². The van der Waals surface area contributed by atoms with Crippen molar-refractivity contribution in [2.75, 3.05) is 19.6 Å². The smallest absolute Gasteiger partial charge is 0.270 e. The SMILES string of the molecule is NC(C(=O)N1CC2(CCCN2C(=O)c2cc3cc(F)c(F)cc3[nH]2)C1)c1cccc(Cl)c1. The largest absolute Gasteiger partial charge is 0.350 e. The van der Waals surface area contributed by atoms with Crippen molar-refractivity contribution in [3.05, 3.63) is 70.4 Å². The van der Waals surface area contributed by atoms with Gasteiger partial charge in [0.2, 0.25) is 5.91 Å². The molecule has 1 unspecified atom stereocenters. The maximum atomic E-state index is 13.5. The minimum atomic E-state index is -0.972.